The summed E-state index contributed by atoms with van der Waals surface area (Å²) >= 11 is 0. The van der Waals surface area contributed by atoms with Gasteiger partial charge in [0.15, 0.2) is 11.8 Å². The smallest absolute Gasteiger partial charge is 0.316 e. The minimum Gasteiger partial charge on any atom is -0.481 e. The van der Waals surface area contributed by atoms with Crippen LogP contribution in [0.2, 0.25) is 0 Å². The number of nitrogens with zero attached hydrogens (tertiary/aromatic N) is 1. The first-order valence-electron chi connectivity index (χ1n) is 10.2. The molecule has 0 aliphatic carbocycles. The van der Waals surface area contributed by atoms with Gasteiger partial charge in [0.1, 0.15) is 5.82 Å². The Morgan fingerprint density at radius 3 is 2.52 bits per heavy atom. The maximum Gasteiger partial charge on any atom is 0.316 e. The van der Waals surface area contributed by atoms with Crippen LogP contribution in [0.1, 0.15) is 29.2 Å². The van der Waals surface area contributed by atoms with Crippen molar-refractivity contribution in [1.29, 1.82) is 0 Å². The van der Waals surface area contributed by atoms with Crippen LogP contribution < -0.4 is 10.6 Å². The second-order valence-electron chi connectivity index (χ2n) is 7.85. The van der Waals surface area contributed by atoms with Crippen molar-refractivity contribution in [1.82, 2.24) is 15.5 Å². The number of carboxylic acid groups (broad SMARTS) is 1. The Morgan fingerprint density at radius 2 is 1.85 bits per heavy atom. The van der Waals surface area contributed by atoms with E-state index in [0.29, 0.717) is 11.1 Å². The van der Waals surface area contributed by atoms with E-state index in [4.69, 9.17) is 0 Å². The fourth-order valence-electron chi connectivity index (χ4n) is 3.77. The molecule has 33 heavy (non-hydrogen) atoms. The van der Waals surface area contributed by atoms with Gasteiger partial charge in [-0.2, -0.15) is 0 Å². The van der Waals surface area contributed by atoms with E-state index in [1.165, 1.54) is 25.4 Å². The average molecular weight is 453 g/mol. The molecular formula is C24H24FN3O5. The highest BCUT2D eigenvalue weighted by molar-refractivity contribution is 6.14. The zero-order valence-electron chi connectivity index (χ0n) is 18.4. The van der Waals surface area contributed by atoms with Crippen LogP contribution in [0.3, 0.4) is 0 Å². The lowest BCUT2D eigenvalue weighted by molar-refractivity contribution is -0.138. The Hall–Kier alpha value is -4.01. The number of nitrogens with one attached hydrogen (secondary N) is 2. The highest BCUT2D eigenvalue weighted by Gasteiger charge is 2.33. The molecule has 172 valence electrons. The third-order valence-corrected chi connectivity index (χ3v) is 5.52. The fourth-order valence-corrected chi connectivity index (χ4v) is 3.77. The van der Waals surface area contributed by atoms with Crippen molar-refractivity contribution >= 4 is 23.7 Å². The molecule has 1 unspecified atom stereocenters. The highest BCUT2D eigenvalue weighted by Crippen LogP contribution is 2.33. The highest BCUT2D eigenvalue weighted by atomic mass is 19.1. The van der Waals surface area contributed by atoms with E-state index in [9.17, 15) is 28.7 Å². The summed E-state index contributed by atoms with van der Waals surface area (Å²) in [5.41, 5.74) is 3.14. The molecule has 1 aliphatic heterocycles. The van der Waals surface area contributed by atoms with Gasteiger partial charge >= 0.3 is 12.0 Å². The van der Waals surface area contributed by atoms with Crippen molar-refractivity contribution in [2.75, 3.05) is 7.05 Å². The molecule has 0 spiro atoms. The van der Waals surface area contributed by atoms with E-state index in [2.05, 4.69) is 10.6 Å². The second kappa shape index (κ2) is 9.64. The summed E-state index contributed by atoms with van der Waals surface area (Å²) in [6.45, 7) is 3.60. The van der Waals surface area contributed by atoms with Crippen LogP contribution in [0.5, 0.6) is 0 Å². The van der Waals surface area contributed by atoms with Crippen molar-refractivity contribution in [2.24, 2.45) is 0 Å². The Bertz CT molecular complexity index is 1160. The number of likely N-dealkylation sites (N-methyl/N-ethyl adjacent to an activating group) is 1. The number of benzene rings is 2. The van der Waals surface area contributed by atoms with Crippen molar-refractivity contribution in [3.05, 3.63) is 71.2 Å². The Kier molecular flexibility index (Phi) is 6.91. The van der Waals surface area contributed by atoms with Gasteiger partial charge in [0.05, 0.1) is 12.5 Å². The largest absolute Gasteiger partial charge is 0.481 e. The molecule has 3 N–H and O–H groups in total. The first-order chi connectivity index (χ1) is 15.6. The number of hydrogen-bond acceptors (Lipinski definition) is 4. The van der Waals surface area contributed by atoms with Gasteiger partial charge in [0.25, 0.3) is 5.91 Å². The first kappa shape index (κ1) is 23.6. The Labute approximate surface area is 190 Å². The maximum atomic E-state index is 14.6. The predicted octanol–water partition coefficient (Wildman–Crippen LogP) is 2.85. The lowest BCUT2D eigenvalue weighted by Crippen LogP contribution is -2.55. The van der Waals surface area contributed by atoms with E-state index in [0.717, 1.165) is 22.1 Å². The monoisotopic (exact) mass is 453 g/mol. The quantitative estimate of drug-likeness (QED) is 0.582. The molecule has 3 amide bonds. The van der Waals surface area contributed by atoms with Crippen LogP contribution in [-0.4, -0.2) is 46.8 Å². The topological polar surface area (TPSA) is 116 Å². The molecule has 0 radical (unpaired) electrons. The van der Waals surface area contributed by atoms with Crippen molar-refractivity contribution in [2.45, 2.75) is 32.4 Å². The zero-order chi connectivity index (χ0) is 24.3. The molecule has 3 rings (SSSR count). The number of carbonyl (C=O) groups excluding carboxylic acids is 3. The van der Waals surface area contributed by atoms with Crippen molar-refractivity contribution in [3.8, 4) is 11.1 Å². The molecule has 2 aromatic carbocycles. The number of aliphatic carboxylic acids is 1. The van der Waals surface area contributed by atoms with Crippen LogP contribution in [-0.2, 0) is 14.4 Å². The molecule has 8 nitrogen and oxygen atoms in total. The summed E-state index contributed by atoms with van der Waals surface area (Å²) in [6, 6.07) is 6.46. The van der Waals surface area contributed by atoms with Crippen LogP contribution >= 0.6 is 0 Å². The molecule has 0 bridgehead atoms. The minimum atomic E-state index is -1.43. The Balaban J connectivity index is 1.93. The number of ketones is 1. The minimum absolute atomic E-state index is 0.282. The van der Waals surface area contributed by atoms with Crippen LogP contribution in [0, 0.1) is 19.7 Å². The van der Waals surface area contributed by atoms with E-state index in [1.807, 2.05) is 31.2 Å². The summed E-state index contributed by atoms with van der Waals surface area (Å²) in [6.07, 6.45) is 1.92. The number of carboxylic acids is 1. The van der Waals surface area contributed by atoms with Gasteiger partial charge < -0.3 is 20.6 Å². The van der Waals surface area contributed by atoms with Gasteiger partial charge in [-0.1, -0.05) is 24.3 Å². The SMILES string of the molecule is Cc1ccccc1-c1cc(F)cc([C@H](CC(=O)O)NC(=O)NC2C(=O)C=CN(C)C2=O)c1C. The molecule has 9 heteroatoms. The third kappa shape index (κ3) is 5.25. The van der Waals surface area contributed by atoms with Crippen LogP contribution in [0.15, 0.2) is 48.7 Å². The first-order valence-corrected chi connectivity index (χ1v) is 10.2. The van der Waals surface area contributed by atoms with Gasteiger partial charge in [-0.15, -0.1) is 0 Å². The molecule has 2 atom stereocenters. The number of halogens is 1. The fraction of sp³-hybridized carbons (Fsp3) is 0.250. The van der Waals surface area contributed by atoms with Gasteiger partial charge in [-0.25, -0.2) is 9.18 Å². The number of amides is 3. The summed E-state index contributed by atoms with van der Waals surface area (Å²) < 4.78 is 14.6. The van der Waals surface area contributed by atoms with Gasteiger partial charge in [0, 0.05) is 19.3 Å². The summed E-state index contributed by atoms with van der Waals surface area (Å²) in [5, 5.41) is 14.2. The zero-order valence-corrected chi connectivity index (χ0v) is 18.4. The van der Waals surface area contributed by atoms with Crippen molar-refractivity contribution < 1.29 is 28.7 Å². The van der Waals surface area contributed by atoms with E-state index in [1.54, 1.807) is 6.92 Å². The number of urea groups is 1. The molecule has 2 aromatic rings. The van der Waals surface area contributed by atoms with Gasteiger partial charge in [-0.3, -0.25) is 14.4 Å². The Morgan fingerprint density at radius 1 is 1.15 bits per heavy atom. The van der Waals surface area contributed by atoms with Gasteiger partial charge in [0.2, 0.25) is 0 Å². The molecule has 1 aliphatic rings. The summed E-state index contributed by atoms with van der Waals surface area (Å²) in [5.74, 6) is -3.03. The van der Waals surface area contributed by atoms with Crippen LogP contribution in [0.4, 0.5) is 9.18 Å². The lowest BCUT2D eigenvalue weighted by Gasteiger charge is -2.26. The number of aryl methyl sites for hydroxylation is 1. The molecule has 0 fully saturated rings. The van der Waals surface area contributed by atoms with E-state index >= 15 is 0 Å². The molecule has 1 heterocycles. The summed E-state index contributed by atoms with van der Waals surface area (Å²) in [4.78, 5) is 49.5. The standard InChI is InChI=1S/C24H24FN3O5/c1-13-6-4-5-7-16(13)17-10-15(25)11-18(14(17)2)19(12-21(30)31)26-24(33)27-22-20(29)8-9-28(3)23(22)32/h4-11,19,22H,12H2,1-3H3,(H,30,31)(H2,26,27,33)/t19-,22?/m0/s1. The molecule has 0 saturated carbocycles. The average Bonchev–Trinajstić information content (AvgIpc) is 2.75. The maximum absolute atomic E-state index is 14.6. The predicted molar refractivity (Wildman–Crippen MR) is 119 cm³/mol. The summed E-state index contributed by atoms with van der Waals surface area (Å²) in [7, 11) is 1.44. The number of hydrogen-bond donors (Lipinski definition) is 3. The molecule has 0 aromatic heterocycles. The molecular weight excluding hydrogens is 429 g/mol. The number of carbonyl (C=O) groups is 4. The normalized spacial score (nSPS) is 16.5. The second-order valence-corrected chi connectivity index (χ2v) is 7.85. The third-order valence-electron chi connectivity index (χ3n) is 5.52. The van der Waals surface area contributed by atoms with E-state index in [-0.39, 0.29) is 5.56 Å². The van der Waals surface area contributed by atoms with Crippen molar-refractivity contribution in [3.63, 3.8) is 0 Å². The number of rotatable bonds is 6. The van der Waals surface area contributed by atoms with Crippen LogP contribution in [0.25, 0.3) is 11.1 Å². The molecule has 0 saturated heterocycles. The van der Waals surface area contributed by atoms with Gasteiger partial charge in [-0.05, 0) is 53.8 Å². The lowest BCUT2D eigenvalue weighted by atomic mass is 9.90. The van der Waals surface area contributed by atoms with E-state index < -0.39 is 48.0 Å².